The topological polar surface area (TPSA) is 37.3 Å². The van der Waals surface area contributed by atoms with Crippen LogP contribution in [-0.4, -0.2) is 10.9 Å². The molecule has 0 radical (unpaired) electrons. The third kappa shape index (κ3) is 10.3. The van der Waals surface area contributed by atoms with Crippen LogP contribution < -0.4 is 0 Å². The smallest absolute Gasteiger partial charge is 0.163 e. The van der Waals surface area contributed by atoms with Gasteiger partial charge in [-0.25, -0.2) is 0 Å². The molecule has 142 valence electrons. The molecular formula is C23H38O2. The number of ketones is 1. The van der Waals surface area contributed by atoms with E-state index in [4.69, 9.17) is 0 Å². The Morgan fingerprint density at radius 1 is 0.800 bits per heavy atom. The summed E-state index contributed by atoms with van der Waals surface area (Å²) in [6.45, 7) is 3.76. The molecule has 0 aliphatic heterocycles. The van der Waals surface area contributed by atoms with E-state index in [1.54, 1.807) is 12.1 Å². The normalized spacial score (nSPS) is 11.0. The molecule has 0 saturated heterocycles. The maximum absolute atomic E-state index is 11.3. The van der Waals surface area contributed by atoms with Gasteiger partial charge < -0.3 is 5.11 Å². The number of Topliss-reactive ketones (excluding diaryl/α,β-unsaturated/α-hetero) is 1. The summed E-state index contributed by atoms with van der Waals surface area (Å²) >= 11 is 0. The van der Waals surface area contributed by atoms with Gasteiger partial charge in [0.25, 0.3) is 0 Å². The van der Waals surface area contributed by atoms with Gasteiger partial charge in [-0.3, -0.25) is 4.79 Å². The second kappa shape index (κ2) is 13.9. The first-order valence-electron chi connectivity index (χ1n) is 10.5. The summed E-state index contributed by atoms with van der Waals surface area (Å²) in [4.78, 5) is 11.3. The van der Waals surface area contributed by atoms with Crippen molar-refractivity contribution < 1.29 is 9.90 Å². The predicted octanol–water partition coefficient (Wildman–Crippen LogP) is 7.23. The number of aryl methyl sites for hydroxylation is 1. The number of benzene rings is 1. The zero-order valence-electron chi connectivity index (χ0n) is 16.5. The van der Waals surface area contributed by atoms with Gasteiger partial charge in [0.15, 0.2) is 5.78 Å². The van der Waals surface area contributed by atoms with Crippen LogP contribution in [0.4, 0.5) is 0 Å². The molecule has 0 aliphatic rings. The van der Waals surface area contributed by atoms with E-state index in [1.165, 1.54) is 84.0 Å². The number of aromatic hydroxyl groups is 1. The number of carbonyl (C=O) groups is 1. The van der Waals surface area contributed by atoms with Crippen molar-refractivity contribution in [1.29, 1.82) is 0 Å². The van der Waals surface area contributed by atoms with Gasteiger partial charge in [0, 0.05) is 0 Å². The van der Waals surface area contributed by atoms with Crippen LogP contribution in [0.2, 0.25) is 0 Å². The number of hydrogen-bond acceptors (Lipinski definition) is 2. The standard InChI is InChI=1S/C23H38O2/c1-3-4-5-6-7-8-9-10-11-12-13-14-15-16-21-17-18-22(20(2)24)23(25)19-21/h17-19,25H,3-16H2,1-2H3. The highest BCUT2D eigenvalue weighted by molar-refractivity contribution is 5.96. The number of rotatable bonds is 15. The van der Waals surface area contributed by atoms with E-state index in [9.17, 15) is 9.90 Å². The second-order valence-corrected chi connectivity index (χ2v) is 7.40. The summed E-state index contributed by atoms with van der Waals surface area (Å²) in [6, 6.07) is 5.46. The zero-order valence-corrected chi connectivity index (χ0v) is 16.5. The van der Waals surface area contributed by atoms with Gasteiger partial charge in [0.1, 0.15) is 5.75 Å². The van der Waals surface area contributed by atoms with E-state index in [1.807, 2.05) is 6.07 Å². The Kier molecular flexibility index (Phi) is 12.1. The Morgan fingerprint density at radius 3 is 1.72 bits per heavy atom. The lowest BCUT2D eigenvalue weighted by Gasteiger charge is -2.06. The summed E-state index contributed by atoms with van der Waals surface area (Å²) in [5, 5.41) is 9.84. The lowest BCUT2D eigenvalue weighted by atomic mass is 10.0. The highest BCUT2D eigenvalue weighted by atomic mass is 16.3. The Bertz CT molecular complexity index is 479. The predicted molar refractivity (Wildman–Crippen MR) is 108 cm³/mol. The largest absolute Gasteiger partial charge is 0.507 e. The molecular weight excluding hydrogens is 308 g/mol. The van der Waals surface area contributed by atoms with Gasteiger partial charge in [-0.15, -0.1) is 0 Å². The van der Waals surface area contributed by atoms with Crippen LogP contribution in [0.5, 0.6) is 5.75 Å². The molecule has 0 atom stereocenters. The van der Waals surface area contributed by atoms with Crippen LogP contribution in [0, 0.1) is 0 Å². The molecule has 1 aromatic rings. The van der Waals surface area contributed by atoms with Crippen molar-refractivity contribution in [2.75, 3.05) is 0 Å². The Hall–Kier alpha value is -1.31. The average molecular weight is 347 g/mol. The van der Waals surface area contributed by atoms with Gasteiger partial charge in [-0.2, -0.15) is 0 Å². The summed E-state index contributed by atoms with van der Waals surface area (Å²) in [6.07, 6.45) is 18.7. The van der Waals surface area contributed by atoms with E-state index < -0.39 is 0 Å². The third-order valence-electron chi connectivity index (χ3n) is 5.01. The fraction of sp³-hybridized carbons (Fsp3) is 0.696. The van der Waals surface area contributed by atoms with Crippen LogP contribution in [0.25, 0.3) is 0 Å². The first-order valence-corrected chi connectivity index (χ1v) is 10.5. The molecule has 0 aliphatic carbocycles. The number of hydrogen-bond donors (Lipinski definition) is 1. The molecule has 2 nitrogen and oxygen atoms in total. The first-order chi connectivity index (χ1) is 12.1. The van der Waals surface area contributed by atoms with Crippen molar-refractivity contribution >= 4 is 5.78 Å². The molecule has 2 heteroatoms. The van der Waals surface area contributed by atoms with Gasteiger partial charge in [0.2, 0.25) is 0 Å². The third-order valence-corrected chi connectivity index (χ3v) is 5.01. The van der Waals surface area contributed by atoms with Crippen molar-refractivity contribution in [3.8, 4) is 5.75 Å². The highest BCUT2D eigenvalue weighted by Crippen LogP contribution is 2.21. The van der Waals surface area contributed by atoms with Crippen molar-refractivity contribution in [3.05, 3.63) is 29.3 Å². The maximum Gasteiger partial charge on any atom is 0.163 e. The molecule has 0 bridgehead atoms. The molecule has 1 rings (SSSR count). The SMILES string of the molecule is CCCCCCCCCCCCCCCc1ccc(C(C)=O)c(O)c1. The van der Waals surface area contributed by atoms with E-state index in [0.717, 1.165) is 18.4 Å². The summed E-state index contributed by atoms with van der Waals surface area (Å²) in [5.74, 6) is 0.0460. The van der Waals surface area contributed by atoms with Crippen molar-refractivity contribution in [2.45, 2.75) is 104 Å². The fourth-order valence-corrected chi connectivity index (χ4v) is 3.38. The van der Waals surface area contributed by atoms with E-state index in [0.29, 0.717) is 5.56 Å². The molecule has 25 heavy (non-hydrogen) atoms. The van der Waals surface area contributed by atoms with Crippen molar-refractivity contribution in [2.24, 2.45) is 0 Å². The summed E-state index contributed by atoms with van der Waals surface area (Å²) < 4.78 is 0. The fourth-order valence-electron chi connectivity index (χ4n) is 3.38. The van der Waals surface area contributed by atoms with E-state index in [-0.39, 0.29) is 11.5 Å². The number of unbranched alkanes of at least 4 members (excludes halogenated alkanes) is 12. The molecule has 0 aromatic heterocycles. The number of phenols is 1. The Balaban J connectivity index is 1.95. The minimum atomic E-state index is -0.0787. The monoisotopic (exact) mass is 346 g/mol. The molecule has 0 saturated carbocycles. The zero-order chi connectivity index (χ0) is 18.3. The van der Waals surface area contributed by atoms with Gasteiger partial charge in [-0.05, 0) is 37.5 Å². The molecule has 1 N–H and O–H groups in total. The minimum absolute atomic E-state index is 0.0787. The average Bonchev–Trinajstić information content (AvgIpc) is 2.58. The molecule has 0 amide bonds. The maximum atomic E-state index is 11.3. The molecule has 0 fully saturated rings. The van der Waals surface area contributed by atoms with Gasteiger partial charge in [-0.1, -0.05) is 90.0 Å². The van der Waals surface area contributed by atoms with Crippen LogP contribution >= 0.6 is 0 Å². The Labute approximate surface area is 155 Å². The lowest BCUT2D eigenvalue weighted by Crippen LogP contribution is -1.94. The first kappa shape index (κ1) is 21.7. The molecule has 1 aromatic carbocycles. The van der Waals surface area contributed by atoms with Crippen molar-refractivity contribution in [3.63, 3.8) is 0 Å². The van der Waals surface area contributed by atoms with E-state index in [2.05, 4.69) is 6.92 Å². The highest BCUT2D eigenvalue weighted by Gasteiger charge is 2.06. The number of phenolic OH excluding ortho intramolecular Hbond substituents is 1. The minimum Gasteiger partial charge on any atom is -0.507 e. The number of carbonyl (C=O) groups excluding carboxylic acids is 1. The van der Waals surface area contributed by atoms with Crippen LogP contribution in [0.3, 0.4) is 0 Å². The van der Waals surface area contributed by atoms with E-state index >= 15 is 0 Å². The molecule has 0 heterocycles. The van der Waals surface area contributed by atoms with Gasteiger partial charge in [0.05, 0.1) is 5.56 Å². The second-order valence-electron chi connectivity index (χ2n) is 7.40. The summed E-state index contributed by atoms with van der Waals surface area (Å²) in [7, 11) is 0. The Morgan fingerprint density at radius 2 is 1.28 bits per heavy atom. The molecule has 0 unspecified atom stereocenters. The van der Waals surface area contributed by atoms with Crippen LogP contribution in [-0.2, 0) is 6.42 Å². The quantitative estimate of drug-likeness (QED) is 0.269. The van der Waals surface area contributed by atoms with Gasteiger partial charge >= 0.3 is 0 Å². The lowest BCUT2D eigenvalue weighted by molar-refractivity contribution is 0.101. The summed E-state index contributed by atoms with van der Waals surface area (Å²) in [5.41, 5.74) is 1.56. The molecule has 0 spiro atoms. The van der Waals surface area contributed by atoms with Crippen LogP contribution in [0.1, 0.15) is 113 Å². The van der Waals surface area contributed by atoms with Crippen LogP contribution in [0.15, 0.2) is 18.2 Å². The van der Waals surface area contributed by atoms with Crippen molar-refractivity contribution in [1.82, 2.24) is 0 Å².